The molecule has 0 fully saturated rings. The first-order valence-electron chi connectivity index (χ1n) is 5.12. The molecule has 0 aliphatic rings. The highest BCUT2D eigenvalue weighted by atomic mass is 27.0. The Morgan fingerprint density at radius 2 is 1.31 bits per heavy atom. The smallest absolute Gasteiger partial charge is 0.187 e. The Bertz CT molecular complexity index is 111. The molecule has 0 aromatic carbocycles. The van der Waals surface area contributed by atoms with Crippen LogP contribution in [-0.2, 0) is 0 Å². The Kier molecular flexibility index (Phi) is 8.43. The quantitative estimate of drug-likeness (QED) is 0.676. The molecule has 0 aliphatic heterocycles. The first-order valence-corrected chi connectivity index (χ1v) is 5.12. The van der Waals surface area contributed by atoms with Gasteiger partial charge in [-0.25, -0.2) is 0 Å². The molecular weight excluding hydrogens is 175 g/mol. The predicted molar refractivity (Wildman–Crippen MR) is 64.1 cm³/mol. The lowest BCUT2D eigenvalue weighted by Gasteiger charge is -2.30. The second-order valence-corrected chi connectivity index (χ2v) is 4.77. The summed E-state index contributed by atoms with van der Waals surface area (Å²) >= 11 is 0. The van der Waals surface area contributed by atoms with Gasteiger partial charge in [0.1, 0.15) is 0 Å². The van der Waals surface area contributed by atoms with Crippen LogP contribution in [0.3, 0.4) is 0 Å². The van der Waals surface area contributed by atoms with Crippen molar-refractivity contribution in [3.05, 3.63) is 0 Å². The Balaban J connectivity index is 0. The van der Waals surface area contributed by atoms with Crippen LogP contribution in [0.4, 0.5) is 0 Å². The summed E-state index contributed by atoms with van der Waals surface area (Å²) in [6, 6.07) is 0. The van der Waals surface area contributed by atoms with E-state index in [4.69, 9.17) is 0 Å². The standard InChI is InChI=1S/C11H24O.Al.3H/c1-6-11(12,7-9(2)3)8-10(4)5;;;;/h9-10,12H,6-8H2,1-5H3;;;;. The van der Waals surface area contributed by atoms with Gasteiger partial charge < -0.3 is 5.11 Å². The van der Waals surface area contributed by atoms with Crippen molar-refractivity contribution in [1.82, 2.24) is 0 Å². The third kappa shape index (κ3) is 7.55. The van der Waals surface area contributed by atoms with Gasteiger partial charge in [0.2, 0.25) is 0 Å². The molecule has 0 aliphatic carbocycles. The highest BCUT2D eigenvalue weighted by molar-refractivity contribution is 5.75. The minimum Gasteiger partial charge on any atom is -0.390 e. The van der Waals surface area contributed by atoms with E-state index in [1.54, 1.807) is 0 Å². The Hall–Kier alpha value is 0.492. The van der Waals surface area contributed by atoms with Crippen LogP contribution < -0.4 is 0 Å². The van der Waals surface area contributed by atoms with Gasteiger partial charge in [0.15, 0.2) is 17.4 Å². The van der Waals surface area contributed by atoms with E-state index in [9.17, 15) is 5.11 Å². The Morgan fingerprint density at radius 3 is 1.46 bits per heavy atom. The van der Waals surface area contributed by atoms with E-state index >= 15 is 0 Å². The third-order valence-corrected chi connectivity index (χ3v) is 2.23. The Morgan fingerprint density at radius 1 is 1.00 bits per heavy atom. The fourth-order valence-electron chi connectivity index (χ4n) is 1.89. The van der Waals surface area contributed by atoms with Gasteiger partial charge in [0.05, 0.1) is 5.60 Å². The molecule has 0 saturated heterocycles. The van der Waals surface area contributed by atoms with Crippen LogP contribution in [0.25, 0.3) is 0 Å². The van der Waals surface area contributed by atoms with Crippen LogP contribution in [0.15, 0.2) is 0 Å². The van der Waals surface area contributed by atoms with Gasteiger partial charge in [0, 0.05) is 0 Å². The molecule has 0 aromatic rings. The average molecular weight is 202 g/mol. The van der Waals surface area contributed by atoms with Crippen LogP contribution >= 0.6 is 0 Å². The van der Waals surface area contributed by atoms with E-state index in [1.165, 1.54) is 0 Å². The zero-order chi connectivity index (χ0) is 9.78. The molecule has 2 heteroatoms. The summed E-state index contributed by atoms with van der Waals surface area (Å²) in [4.78, 5) is 0. The lowest BCUT2D eigenvalue weighted by molar-refractivity contribution is -0.00304. The maximum Gasteiger partial charge on any atom is 0.187 e. The summed E-state index contributed by atoms with van der Waals surface area (Å²) in [5.41, 5.74) is -0.414. The van der Waals surface area contributed by atoms with Crippen molar-refractivity contribution in [3.63, 3.8) is 0 Å². The molecule has 0 saturated carbocycles. The van der Waals surface area contributed by atoms with Crippen molar-refractivity contribution >= 4 is 17.4 Å². The molecule has 0 aromatic heterocycles. The zero-order valence-electron chi connectivity index (χ0n) is 9.22. The second kappa shape index (κ2) is 6.87. The van der Waals surface area contributed by atoms with Crippen LogP contribution in [-0.4, -0.2) is 28.1 Å². The van der Waals surface area contributed by atoms with Crippen LogP contribution in [0.2, 0.25) is 0 Å². The molecule has 1 N–H and O–H groups in total. The van der Waals surface area contributed by atoms with E-state index in [0.29, 0.717) is 11.8 Å². The lowest BCUT2D eigenvalue weighted by Crippen LogP contribution is -2.31. The van der Waals surface area contributed by atoms with Gasteiger partial charge in [-0.15, -0.1) is 0 Å². The summed E-state index contributed by atoms with van der Waals surface area (Å²) in [5.74, 6) is 1.18. The van der Waals surface area contributed by atoms with E-state index in [2.05, 4.69) is 34.6 Å². The molecule has 0 bridgehead atoms. The van der Waals surface area contributed by atoms with Crippen LogP contribution in [0.5, 0.6) is 0 Å². The molecular formula is C11H27AlO. The summed E-state index contributed by atoms with van der Waals surface area (Å²) < 4.78 is 0. The number of rotatable bonds is 5. The number of hydrogen-bond donors (Lipinski definition) is 1. The molecule has 0 amide bonds. The zero-order valence-corrected chi connectivity index (χ0v) is 9.22. The molecule has 0 spiro atoms. The summed E-state index contributed by atoms with van der Waals surface area (Å²) in [7, 11) is 0. The van der Waals surface area contributed by atoms with Crippen LogP contribution in [0, 0.1) is 11.8 Å². The van der Waals surface area contributed by atoms with Crippen LogP contribution in [0.1, 0.15) is 53.9 Å². The molecule has 80 valence electrons. The van der Waals surface area contributed by atoms with E-state index in [-0.39, 0.29) is 17.4 Å². The van der Waals surface area contributed by atoms with Gasteiger partial charge in [-0.1, -0.05) is 34.6 Å². The molecule has 0 heterocycles. The fraction of sp³-hybridized carbons (Fsp3) is 1.00. The minimum absolute atomic E-state index is 0. The van der Waals surface area contributed by atoms with Crippen molar-refractivity contribution in [2.45, 2.75) is 59.5 Å². The fourth-order valence-corrected chi connectivity index (χ4v) is 1.89. The first-order chi connectivity index (χ1) is 5.39. The van der Waals surface area contributed by atoms with E-state index in [0.717, 1.165) is 19.3 Å². The maximum atomic E-state index is 10.2. The topological polar surface area (TPSA) is 20.2 Å². The van der Waals surface area contributed by atoms with Crippen molar-refractivity contribution in [3.8, 4) is 0 Å². The van der Waals surface area contributed by atoms with E-state index < -0.39 is 5.60 Å². The number of hydrogen-bond acceptors (Lipinski definition) is 1. The molecule has 0 radical (unpaired) electrons. The van der Waals surface area contributed by atoms with Gasteiger partial charge in [-0.05, 0) is 31.1 Å². The van der Waals surface area contributed by atoms with Crippen molar-refractivity contribution < 1.29 is 5.11 Å². The monoisotopic (exact) mass is 202 g/mol. The normalized spacial score (nSPS) is 12.0. The highest BCUT2D eigenvalue weighted by Crippen LogP contribution is 2.27. The summed E-state index contributed by atoms with van der Waals surface area (Å²) in [6.07, 6.45) is 2.74. The second-order valence-electron chi connectivity index (χ2n) is 4.77. The Labute approximate surface area is 94.1 Å². The SMILES string of the molecule is CCC(O)(CC(C)C)CC(C)C.[AlH3]. The van der Waals surface area contributed by atoms with Gasteiger partial charge >= 0.3 is 0 Å². The molecule has 0 rings (SSSR count). The summed E-state index contributed by atoms with van der Waals surface area (Å²) in [6.45, 7) is 10.7. The third-order valence-electron chi connectivity index (χ3n) is 2.23. The molecule has 0 atom stereocenters. The average Bonchev–Trinajstić information content (AvgIpc) is 1.83. The molecule has 13 heavy (non-hydrogen) atoms. The largest absolute Gasteiger partial charge is 0.390 e. The van der Waals surface area contributed by atoms with E-state index in [1.807, 2.05) is 0 Å². The minimum atomic E-state index is -0.414. The van der Waals surface area contributed by atoms with Gasteiger partial charge in [-0.2, -0.15) is 0 Å². The number of aliphatic hydroxyl groups is 1. The van der Waals surface area contributed by atoms with Crippen molar-refractivity contribution in [2.24, 2.45) is 11.8 Å². The van der Waals surface area contributed by atoms with Crippen molar-refractivity contribution in [2.75, 3.05) is 0 Å². The highest BCUT2D eigenvalue weighted by Gasteiger charge is 2.26. The summed E-state index contributed by atoms with van der Waals surface area (Å²) in [5, 5.41) is 10.2. The van der Waals surface area contributed by atoms with Crippen molar-refractivity contribution in [1.29, 1.82) is 0 Å². The molecule has 0 unspecified atom stereocenters. The predicted octanol–water partition coefficient (Wildman–Crippen LogP) is 2.04. The van der Waals surface area contributed by atoms with Gasteiger partial charge in [0.25, 0.3) is 0 Å². The van der Waals surface area contributed by atoms with Gasteiger partial charge in [-0.3, -0.25) is 0 Å². The maximum absolute atomic E-state index is 10.2. The molecule has 1 nitrogen and oxygen atoms in total. The lowest BCUT2D eigenvalue weighted by atomic mass is 9.83. The first kappa shape index (κ1) is 15.9.